The molecule has 0 spiro atoms. The molecule has 0 aromatic carbocycles. The number of ether oxygens (including phenoxy) is 1. The first kappa shape index (κ1) is 23.1. The van der Waals surface area contributed by atoms with E-state index in [1.807, 2.05) is 13.8 Å². The van der Waals surface area contributed by atoms with E-state index in [4.69, 9.17) is 4.74 Å². The van der Waals surface area contributed by atoms with Crippen LogP contribution in [0.5, 0.6) is 0 Å². The van der Waals surface area contributed by atoms with E-state index in [0.29, 0.717) is 12.8 Å². The van der Waals surface area contributed by atoms with Crippen LogP contribution in [0.2, 0.25) is 0 Å². The summed E-state index contributed by atoms with van der Waals surface area (Å²) in [6.45, 7) is 14.1. The van der Waals surface area contributed by atoms with E-state index in [1.165, 1.54) is 0 Å². The minimum absolute atomic E-state index is 0.0657. The maximum Gasteiger partial charge on any atom is 0.330 e. The summed E-state index contributed by atoms with van der Waals surface area (Å²) in [6.07, 6.45) is 3.90. The molecule has 0 aliphatic carbocycles. The fraction of sp³-hybridized carbons (Fsp3) is 0.824. The molecule has 0 saturated carbocycles. The molecule has 7 heteroatoms. The Balaban J connectivity index is 5.03. The van der Waals surface area contributed by atoms with E-state index in [1.54, 1.807) is 0 Å². The summed E-state index contributed by atoms with van der Waals surface area (Å²) in [6, 6.07) is 0.0657. The lowest BCUT2D eigenvalue weighted by atomic mass is 10.1. The van der Waals surface area contributed by atoms with Crippen molar-refractivity contribution in [3.05, 3.63) is 12.7 Å². The number of nitrogens with zero attached hydrogens (tertiary/aromatic N) is 1. The zero-order valence-corrected chi connectivity index (χ0v) is 16.3. The zero-order chi connectivity index (χ0) is 18.8. The van der Waals surface area contributed by atoms with Gasteiger partial charge in [-0.2, -0.15) is 0 Å². The molecule has 0 fully saturated rings. The van der Waals surface area contributed by atoms with Crippen molar-refractivity contribution < 1.29 is 27.0 Å². The first-order valence-corrected chi connectivity index (χ1v) is 10.3. The lowest BCUT2D eigenvalue weighted by molar-refractivity contribution is -0.950. The molecule has 0 radical (unpaired) electrons. The van der Waals surface area contributed by atoms with Crippen LogP contribution in [0.15, 0.2) is 12.7 Å². The van der Waals surface area contributed by atoms with Crippen molar-refractivity contribution in [3.63, 3.8) is 0 Å². The van der Waals surface area contributed by atoms with Crippen LogP contribution < -0.4 is 0 Å². The molecule has 0 rings (SSSR count). The summed E-state index contributed by atoms with van der Waals surface area (Å²) in [4.78, 5) is 11.3. The molecule has 0 amide bonds. The minimum Gasteiger partial charge on any atom is -0.748 e. The van der Waals surface area contributed by atoms with Gasteiger partial charge in [-0.15, -0.1) is 0 Å². The Labute approximate surface area is 147 Å². The molecular formula is C17H33NO5S. The topological polar surface area (TPSA) is 83.5 Å². The van der Waals surface area contributed by atoms with E-state index in [9.17, 15) is 17.8 Å². The standard InChI is InChI=1S/C17H33NO5S/c1-6-11-18(12-7-2,15(4)10-14-24(20,21)22)13-9-16(5)23-17(19)8-3/h8,15-16H,3,6-7,9-14H2,1-2,4-5H3. The summed E-state index contributed by atoms with van der Waals surface area (Å²) < 4.78 is 38.9. The Morgan fingerprint density at radius 3 is 2.12 bits per heavy atom. The van der Waals surface area contributed by atoms with E-state index in [0.717, 1.165) is 43.0 Å². The maximum atomic E-state index is 11.3. The lowest BCUT2D eigenvalue weighted by Crippen LogP contribution is -2.56. The number of rotatable bonds is 13. The average molecular weight is 364 g/mol. The Morgan fingerprint density at radius 1 is 1.17 bits per heavy atom. The number of esters is 1. The third kappa shape index (κ3) is 8.80. The molecule has 0 saturated heterocycles. The molecule has 142 valence electrons. The Hall–Kier alpha value is -0.920. The van der Waals surface area contributed by atoms with Crippen molar-refractivity contribution in [1.82, 2.24) is 0 Å². The van der Waals surface area contributed by atoms with Crippen molar-refractivity contribution in [2.24, 2.45) is 0 Å². The monoisotopic (exact) mass is 363 g/mol. The summed E-state index contributed by atoms with van der Waals surface area (Å²) in [5.41, 5.74) is 0. The zero-order valence-electron chi connectivity index (χ0n) is 15.5. The van der Waals surface area contributed by atoms with E-state index in [-0.39, 0.29) is 17.9 Å². The molecule has 24 heavy (non-hydrogen) atoms. The predicted octanol–water partition coefficient (Wildman–Crippen LogP) is 2.45. The number of carbonyl (C=O) groups is 1. The number of carbonyl (C=O) groups excluding carboxylic acids is 1. The SMILES string of the molecule is C=CC(=O)OC(C)CC[N+](CCC)(CCC)C(C)CCS(=O)(=O)[O-]. The van der Waals surface area contributed by atoms with Crippen LogP contribution in [0.1, 0.15) is 53.4 Å². The summed E-state index contributed by atoms with van der Waals surface area (Å²) in [7, 11) is -4.20. The van der Waals surface area contributed by atoms with Crippen LogP contribution in [0.3, 0.4) is 0 Å². The third-order valence-corrected chi connectivity index (χ3v) is 5.26. The predicted molar refractivity (Wildman–Crippen MR) is 94.5 cm³/mol. The van der Waals surface area contributed by atoms with Gasteiger partial charge >= 0.3 is 5.97 Å². The van der Waals surface area contributed by atoms with Crippen LogP contribution in [0.25, 0.3) is 0 Å². The first-order valence-electron chi connectivity index (χ1n) is 8.72. The van der Waals surface area contributed by atoms with Gasteiger partial charge in [0, 0.05) is 24.7 Å². The number of hydrogen-bond donors (Lipinski definition) is 0. The Bertz CT molecular complexity index is 483. The van der Waals surface area contributed by atoms with Gasteiger partial charge in [0.2, 0.25) is 0 Å². The molecule has 0 heterocycles. The molecule has 2 atom stereocenters. The molecule has 6 nitrogen and oxygen atoms in total. The first-order chi connectivity index (χ1) is 11.1. The highest BCUT2D eigenvalue weighted by molar-refractivity contribution is 7.85. The van der Waals surface area contributed by atoms with Crippen LogP contribution >= 0.6 is 0 Å². The molecule has 0 bridgehead atoms. The highest BCUT2D eigenvalue weighted by Crippen LogP contribution is 2.21. The third-order valence-electron chi connectivity index (χ3n) is 4.52. The van der Waals surface area contributed by atoms with Gasteiger partial charge in [0.05, 0.1) is 35.8 Å². The second-order valence-electron chi connectivity index (χ2n) is 6.53. The molecule has 0 aromatic heterocycles. The quantitative estimate of drug-likeness (QED) is 0.217. The van der Waals surface area contributed by atoms with Gasteiger partial charge in [-0.3, -0.25) is 0 Å². The minimum atomic E-state index is -4.20. The summed E-state index contributed by atoms with van der Waals surface area (Å²) in [5.74, 6) is -0.764. The second kappa shape index (κ2) is 10.8. The second-order valence-corrected chi connectivity index (χ2v) is 8.05. The fourth-order valence-corrected chi connectivity index (χ4v) is 3.85. The van der Waals surface area contributed by atoms with E-state index < -0.39 is 16.1 Å². The van der Waals surface area contributed by atoms with Crippen molar-refractivity contribution in [3.8, 4) is 0 Å². The summed E-state index contributed by atoms with van der Waals surface area (Å²) >= 11 is 0. The van der Waals surface area contributed by atoms with Gasteiger partial charge in [-0.05, 0) is 26.7 Å². The van der Waals surface area contributed by atoms with Gasteiger partial charge in [-0.1, -0.05) is 20.4 Å². The van der Waals surface area contributed by atoms with Gasteiger partial charge in [-0.25, -0.2) is 13.2 Å². The van der Waals surface area contributed by atoms with Crippen molar-refractivity contribution in [2.75, 3.05) is 25.4 Å². The van der Waals surface area contributed by atoms with Gasteiger partial charge in [0.1, 0.15) is 6.10 Å². The lowest BCUT2D eigenvalue weighted by Gasteiger charge is -2.44. The Morgan fingerprint density at radius 2 is 1.71 bits per heavy atom. The normalized spacial score (nSPS) is 14.9. The summed E-state index contributed by atoms with van der Waals surface area (Å²) in [5, 5.41) is 0. The van der Waals surface area contributed by atoms with Crippen LogP contribution in [-0.4, -0.2) is 61.0 Å². The molecule has 2 unspecified atom stereocenters. The highest BCUT2D eigenvalue weighted by Gasteiger charge is 2.33. The van der Waals surface area contributed by atoms with Gasteiger partial charge < -0.3 is 13.8 Å². The van der Waals surface area contributed by atoms with Crippen molar-refractivity contribution in [1.29, 1.82) is 0 Å². The smallest absolute Gasteiger partial charge is 0.330 e. The number of quaternary nitrogens is 1. The van der Waals surface area contributed by atoms with Gasteiger partial charge in [0.25, 0.3) is 0 Å². The molecule has 0 aromatic rings. The number of hydrogen-bond acceptors (Lipinski definition) is 5. The van der Waals surface area contributed by atoms with E-state index in [2.05, 4.69) is 20.4 Å². The fourth-order valence-electron chi connectivity index (χ4n) is 3.22. The largest absolute Gasteiger partial charge is 0.748 e. The molecule has 0 aliphatic rings. The highest BCUT2D eigenvalue weighted by atomic mass is 32.2. The van der Waals surface area contributed by atoms with Crippen LogP contribution in [0, 0.1) is 0 Å². The van der Waals surface area contributed by atoms with Crippen LogP contribution in [-0.2, 0) is 19.6 Å². The van der Waals surface area contributed by atoms with Crippen LogP contribution in [0.4, 0.5) is 0 Å². The Kier molecular flexibility index (Phi) is 10.4. The maximum absolute atomic E-state index is 11.3. The molecular weight excluding hydrogens is 330 g/mol. The average Bonchev–Trinajstić information content (AvgIpc) is 2.49. The molecule has 0 N–H and O–H groups in total. The molecule has 0 aliphatic heterocycles. The van der Waals surface area contributed by atoms with Crippen molar-refractivity contribution >= 4 is 16.1 Å². The van der Waals surface area contributed by atoms with E-state index >= 15 is 0 Å². The van der Waals surface area contributed by atoms with Gasteiger partial charge in [0.15, 0.2) is 0 Å². The van der Waals surface area contributed by atoms with Crippen molar-refractivity contribution in [2.45, 2.75) is 65.5 Å².